The number of rotatable bonds is 7. The van der Waals surface area contributed by atoms with E-state index in [1.807, 2.05) is 0 Å². The monoisotopic (exact) mass is 278 g/mol. The van der Waals surface area contributed by atoms with E-state index in [4.69, 9.17) is 4.74 Å². The van der Waals surface area contributed by atoms with E-state index < -0.39 is 18.9 Å². The van der Waals surface area contributed by atoms with Crippen molar-refractivity contribution in [1.82, 2.24) is 0 Å². The number of alkyl halides is 3. The van der Waals surface area contributed by atoms with Crippen molar-refractivity contribution in [3.8, 4) is 5.75 Å². The second kappa shape index (κ2) is 7.35. The molecule has 0 radical (unpaired) electrons. The Morgan fingerprint density at radius 3 is 2.32 bits per heavy atom. The lowest BCUT2D eigenvalue weighted by Gasteiger charge is -2.10. The number of hydrogen-bond donors (Lipinski definition) is 1. The van der Waals surface area contributed by atoms with Gasteiger partial charge in [0.2, 0.25) is 0 Å². The summed E-state index contributed by atoms with van der Waals surface area (Å²) in [6.07, 6.45) is -4.17. The molecular formula is C13H17F3O3. The molecule has 0 aliphatic carbocycles. The van der Waals surface area contributed by atoms with Gasteiger partial charge < -0.3 is 14.6 Å². The molecule has 1 aromatic carbocycles. The van der Waals surface area contributed by atoms with Crippen molar-refractivity contribution in [2.75, 3.05) is 19.8 Å². The Morgan fingerprint density at radius 1 is 1.16 bits per heavy atom. The molecule has 1 unspecified atom stereocenters. The molecule has 0 aliphatic heterocycles. The summed E-state index contributed by atoms with van der Waals surface area (Å²) in [5.41, 5.74) is 0.968. The minimum absolute atomic E-state index is 0.0613. The lowest BCUT2D eigenvalue weighted by molar-refractivity contribution is -0.175. The normalized spacial score (nSPS) is 13.3. The van der Waals surface area contributed by atoms with Crippen LogP contribution in [0.5, 0.6) is 5.75 Å². The standard InChI is InChI=1S/C13H17F3O3/c1-10(17)8-11-2-4-12(5-3-11)19-7-6-18-9-13(14,15)16/h2-5,10,17H,6-9H2,1H3. The van der Waals surface area contributed by atoms with Crippen LogP contribution in [-0.2, 0) is 11.2 Å². The van der Waals surface area contributed by atoms with Crippen molar-refractivity contribution in [2.45, 2.75) is 25.6 Å². The molecule has 1 aromatic rings. The maximum absolute atomic E-state index is 11.8. The smallest absolute Gasteiger partial charge is 0.411 e. The van der Waals surface area contributed by atoms with Gasteiger partial charge in [-0.05, 0) is 31.0 Å². The first kappa shape index (κ1) is 15.8. The van der Waals surface area contributed by atoms with Crippen LogP contribution in [0.1, 0.15) is 12.5 Å². The Balaban J connectivity index is 2.23. The first-order valence-corrected chi connectivity index (χ1v) is 5.91. The van der Waals surface area contributed by atoms with E-state index in [2.05, 4.69) is 4.74 Å². The molecule has 0 fully saturated rings. The third kappa shape index (κ3) is 7.69. The lowest BCUT2D eigenvalue weighted by atomic mass is 10.1. The Labute approximate surface area is 110 Å². The van der Waals surface area contributed by atoms with Crippen LogP contribution >= 0.6 is 0 Å². The molecule has 1 atom stereocenters. The van der Waals surface area contributed by atoms with E-state index in [0.717, 1.165) is 5.56 Å². The van der Waals surface area contributed by atoms with Crippen molar-refractivity contribution in [2.24, 2.45) is 0 Å². The van der Waals surface area contributed by atoms with Crippen molar-refractivity contribution < 1.29 is 27.8 Å². The van der Waals surface area contributed by atoms with Crippen LogP contribution in [0.4, 0.5) is 13.2 Å². The summed E-state index contributed by atoms with van der Waals surface area (Å²) >= 11 is 0. The van der Waals surface area contributed by atoms with Gasteiger partial charge in [-0.3, -0.25) is 0 Å². The topological polar surface area (TPSA) is 38.7 Å². The quantitative estimate of drug-likeness (QED) is 0.779. The van der Waals surface area contributed by atoms with Crippen LogP contribution in [-0.4, -0.2) is 37.2 Å². The largest absolute Gasteiger partial charge is 0.491 e. The molecule has 0 saturated heterocycles. The summed E-state index contributed by atoms with van der Waals surface area (Å²) < 4.78 is 44.9. The zero-order valence-corrected chi connectivity index (χ0v) is 10.6. The van der Waals surface area contributed by atoms with Crippen molar-refractivity contribution in [3.63, 3.8) is 0 Å². The van der Waals surface area contributed by atoms with Crippen LogP contribution in [0.3, 0.4) is 0 Å². The molecule has 3 nitrogen and oxygen atoms in total. The number of benzene rings is 1. The second-order valence-electron chi connectivity index (χ2n) is 4.21. The number of aliphatic hydroxyl groups excluding tert-OH is 1. The van der Waals surface area contributed by atoms with E-state index in [0.29, 0.717) is 12.2 Å². The third-order valence-corrected chi connectivity index (χ3v) is 2.22. The fourth-order valence-corrected chi connectivity index (χ4v) is 1.47. The molecule has 1 rings (SSSR count). The van der Waals surface area contributed by atoms with Gasteiger partial charge in [0, 0.05) is 0 Å². The maximum atomic E-state index is 11.8. The molecule has 19 heavy (non-hydrogen) atoms. The Kier molecular flexibility index (Phi) is 6.11. The van der Waals surface area contributed by atoms with Gasteiger partial charge in [-0.2, -0.15) is 13.2 Å². The highest BCUT2D eigenvalue weighted by Crippen LogP contribution is 2.15. The second-order valence-corrected chi connectivity index (χ2v) is 4.21. The first-order chi connectivity index (χ1) is 8.87. The number of hydrogen-bond acceptors (Lipinski definition) is 3. The minimum Gasteiger partial charge on any atom is -0.491 e. The van der Waals surface area contributed by atoms with Gasteiger partial charge in [-0.15, -0.1) is 0 Å². The van der Waals surface area contributed by atoms with Crippen molar-refractivity contribution in [3.05, 3.63) is 29.8 Å². The Morgan fingerprint density at radius 2 is 1.79 bits per heavy atom. The molecule has 0 aromatic heterocycles. The van der Waals surface area contributed by atoms with E-state index in [-0.39, 0.29) is 13.2 Å². The summed E-state index contributed by atoms with van der Waals surface area (Å²) in [5, 5.41) is 9.20. The average Bonchev–Trinajstić information content (AvgIpc) is 2.28. The molecule has 0 bridgehead atoms. The van der Waals surface area contributed by atoms with Crippen LogP contribution in [0.2, 0.25) is 0 Å². The summed E-state index contributed by atoms with van der Waals surface area (Å²) in [6.45, 7) is 0.382. The van der Waals surface area contributed by atoms with Gasteiger partial charge in [0.15, 0.2) is 0 Å². The van der Waals surface area contributed by atoms with Crippen LogP contribution in [0.15, 0.2) is 24.3 Å². The molecule has 0 aliphatic rings. The van der Waals surface area contributed by atoms with E-state index in [1.165, 1.54) is 0 Å². The summed E-state index contributed by atoms with van der Waals surface area (Å²) in [5.74, 6) is 0.560. The van der Waals surface area contributed by atoms with E-state index >= 15 is 0 Å². The zero-order valence-electron chi connectivity index (χ0n) is 10.6. The van der Waals surface area contributed by atoms with Crippen LogP contribution in [0.25, 0.3) is 0 Å². The molecule has 0 spiro atoms. The SMILES string of the molecule is CC(O)Cc1ccc(OCCOCC(F)(F)F)cc1. The predicted octanol–water partition coefficient (Wildman–Crippen LogP) is 2.57. The number of aliphatic hydroxyl groups is 1. The first-order valence-electron chi connectivity index (χ1n) is 5.91. The molecule has 0 heterocycles. The number of halogens is 3. The molecule has 0 saturated carbocycles. The maximum Gasteiger partial charge on any atom is 0.411 e. The van der Waals surface area contributed by atoms with Gasteiger partial charge in [0.05, 0.1) is 12.7 Å². The van der Waals surface area contributed by atoms with Crippen LogP contribution in [0, 0.1) is 0 Å². The fraction of sp³-hybridized carbons (Fsp3) is 0.538. The molecule has 0 amide bonds. The van der Waals surface area contributed by atoms with Gasteiger partial charge in [-0.25, -0.2) is 0 Å². The summed E-state index contributed by atoms with van der Waals surface area (Å²) in [4.78, 5) is 0. The van der Waals surface area contributed by atoms with Crippen molar-refractivity contribution >= 4 is 0 Å². The summed E-state index contributed by atoms with van der Waals surface area (Å²) in [6, 6.07) is 7.03. The van der Waals surface area contributed by atoms with E-state index in [9.17, 15) is 18.3 Å². The summed E-state index contributed by atoms with van der Waals surface area (Å²) in [7, 11) is 0. The minimum atomic E-state index is -4.30. The molecular weight excluding hydrogens is 261 g/mol. The van der Waals surface area contributed by atoms with Gasteiger partial charge in [0.25, 0.3) is 0 Å². The molecule has 108 valence electrons. The highest BCUT2D eigenvalue weighted by Gasteiger charge is 2.27. The van der Waals surface area contributed by atoms with Gasteiger partial charge >= 0.3 is 6.18 Å². The van der Waals surface area contributed by atoms with Gasteiger partial charge in [0.1, 0.15) is 19.0 Å². The lowest BCUT2D eigenvalue weighted by Crippen LogP contribution is -2.19. The van der Waals surface area contributed by atoms with Gasteiger partial charge in [-0.1, -0.05) is 12.1 Å². The van der Waals surface area contributed by atoms with Crippen molar-refractivity contribution in [1.29, 1.82) is 0 Å². The highest BCUT2D eigenvalue weighted by atomic mass is 19.4. The Hall–Kier alpha value is -1.27. The van der Waals surface area contributed by atoms with E-state index in [1.54, 1.807) is 31.2 Å². The average molecular weight is 278 g/mol. The Bertz CT molecular complexity index is 360. The highest BCUT2D eigenvalue weighted by molar-refractivity contribution is 5.27. The fourth-order valence-electron chi connectivity index (χ4n) is 1.47. The predicted molar refractivity (Wildman–Crippen MR) is 64.2 cm³/mol. The van der Waals surface area contributed by atoms with Crippen LogP contribution < -0.4 is 4.74 Å². The molecule has 1 N–H and O–H groups in total. The number of ether oxygens (including phenoxy) is 2. The zero-order chi connectivity index (χ0) is 14.3. The molecule has 6 heteroatoms. The third-order valence-electron chi connectivity index (χ3n) is 2.22.